The van der Waals surface area contributed by atoms with Gasteiger partial charge in [-0.3, -0.25) is 9.59 Å². The minimum absolute atomic E-state index is 0.135. The summed E-state index contributed by atoms with van der Waals surface area (Å²) in [6.07, 6.45) is 7.47. The Bertz CT molecular complexity index is 1060. The maximum absolute atomic E-state index is 13.8. The van der Waals surface area contributed by atoms with E-state index in [0.717, 1.165) is 42.6 Å². The predicted molar refractivity (Wildman–Crippen MR) is 135 cm³/mol. The normalized spacial score (nSPS) is 14.8. The van der Waals surface area contributed by atoms with Crippen molar-refractivity contribution in [1.82, 2.24) is 10.2 Å². The third kappa shape index (κ3) is 6.53. The average Bonchev–Trinajstić information content (AvgIpc) is 3.43. The SMILES string of the molecule is CCOc1ccc([C@@H](C(=O)NC2CCCCC2)N(CCc2ccccc2)C(=O)c2ccco2)cc1. The average molecular weight is 475 g/mol. The van der Waals surface area contributed by atoms with Crippen LogP contribution in [0.3, 0.4) is 0 Å². The van der Waals surface area contributed by atoms with Crippen LogP contribution in [-0.4, -0.2) is 35.9 Å². The molecule has 1 atom stereocenters. The van der Waals surface area contributed by atoms with Crippen molar-refractivity contribution in [1.29, 1.82) is 0 Å². The Labute approximate surface area is 207 Å². The van der Waals surface area contributed by atoms with Crippen LogP contribution in [0.1, 0.15) is 66.8 Å². The fraction of sp³-hybridized carbons (Fsp3) is 0.379. The number of nitrogens with zero attached hydrogens (tertiary/aromatic N) is 1. The molecule has 6 nitrogen and oxygen atoms in total. The first kappa shape index (κ1) is 24.6. The molecule has 2 amide bonds. The second-order valence-electron chi connectivity index (χ2n) is 8.96. The van der Waals surface area contributed by atoms with Gasteiger partial charge in [-0.2, -0.15) is 0 Å². The molecule has 0 spiro atoms. The number of furan rings is 1. The molecule has 184 valence electrons. The summed E-state index contributed by atoms with van der Waals surface area (Å²) in [7, 11) is 0. The molecule has 1 N–H and O–H groups in total. The first-order chi connectivity index (χ1) is 17.2. The van der Waals surface area contributed by atoms with E-state index in [2.05, 4.69) is 5.32 Å². The molecule has 3 aromatic rings. The number of carbonyl (C=O) groups is 2. The summed E-state index contributed by atoms with van der Waals surface area (Å²) in [6, 6.07) is 20.1. The van der Waals surface area contributed by atoms with Crippen molar-refractivity contribution in [2.24, 2.45) is 0 Å². The summed E-state index contributed by atoms with van der Waals surface area (Å²) in [4.78, 5) is 29.1. The maximum atomic E-state index is 13.8. The number of benzene rings is 2. The van der Waals surface area contributed by atoms with E-state index in [9.17, 15) is 9.59 Å². The fourth-order valence-corrected chi connectivity index (χ4v) is 4.70. The van der Waals surface area contributed by atoms with Crippen LogP contribution in [0, 0.1) is 0 Å². The molecule has 1 aliphatic carbocycles. The molecular formula is C29H34N2O4. The number of rotatable bonds is 10. The Hall–Kier alpha value is -3.54. The van der Waals surface area contributed by atoms with Crippen LogP contribution in [0.4, 0.5) is 0 Å². The lowest BCUT2D eigenvalue weighted by molar-refractivity contribution is -0.126. The summed E-state index contributed by atoms with van der Waals surface area (Å²) in [5, 5.41) is 3.24. The lowest BCUT2D eigenvalue weighted by Gasteiger charge is -2.33. The Morgan fingerprint density at radius 1 is 1.00 bits per heavy atom. The number of amides is 2. The number of carbonyl (C=O) groups excluding carboxylic acids is 2. The molecule has 0 bridgehead atoms. The fourth-order valence-electron chi connectivity index (χ4n) is 4.70. The van der Waals surface area contributed by atoms with Crippen molar-refractivity contribution >= 4 is 11.8 Å². The third-order valence-electron chi connectivity index (χ3n) is 6.50. The monoisotopic (exact) mass is 474 g/mol. The molecule has 0 unspecified atom stereocenters. The van der Waals surface area contributed by atoms with Gasteiger partial charge in [0.05, 0.1) is 12.9 Å². The van der Waals surface area contributed by atoms with Crippen molar-refractivity contribution in [3.05, 3.63) is 89.9 Å². The molecule has 35 heavy (non-hydrogen) atoms. The lowest BCUT2D eigenvalue weighted by Crippen LogP contribution is -2.47. The van der Waals surface area contributed by atoms with E-state index in [1.54, 1.807) is 17.0 Å². The number of ether oxygens (including phenoxy) is 1. The minimum atomic E-state index is -0.783. The lowest BCUT2D eigenvalue weighted by atomic mass is 9.94. The van der Waals surface area contributed by atoms with Crippen molar-refractivity contribution in [3.8, 4) is 5.75 Å². The zero-order valence-electron chi connectivity index (χ0n) is 20.3. The van der Waals surface area contributed by atoms with E-state index < -0.39 is 6.04 Å². The zero-order chi connectivity index (χ0) is 24.5. The Morgan fingerprint density at radius 2 is 1.74 bits per heavy atom. The third-order valence-corrected chi connectivity index (χ3v) is 6.50. The summed E-state index contributed by atoms with van der Waals surface area (Å²) in [5.41, 5.74) is 1.85. The van der Waals surface area contributed by atoms with Gasteiger partial charge in [0.2, 0.25) is 5.91 Å². The molecule has 0 aliphatic heterocycles. The van der Waals surface area contributed by atoms with E-state index in [0.29, 0.717) is 19.6 Å². The first-order valence-corrected chi connectivity index (χ1v) is 12.6. The molecule has 0 radical (unpaired) electrons. The van der Waals surface area contributed by atoms with E-state index in [1.165, 1.54) is 12.7 Å². The quantitative estimate of drug-likeness (QED) is 0.418. The van der Waals surface area contributed by atoms with Gasteiger partial charge in [0, 0.05) is 12.6 Å². The highest BCUT2D eigenvalue weighted by molar-refractivity contribution is 5.96. The van der Waals surface area contributed by atoms with E-state index in [1.807, 2.05) is 61.5 Å². The molecular weight excluding hydrogens is 440 g/mol. The van der Waals surface area contributed by atoms with Gasteiger partial charge in [-0.05, 0) is 61.6 Å². The summed E-state index contributed by atoms with van der Waals surface area (Å²) >= 11 is 0. The highest BCUT2D eigenvalue weighted by Crippen LogP contribution is 2.27. The topological polar surface area (TPSA) is 71.8 Å². The predicted octanol–water partition coefficient (Wildman–Crippen LogP) is 5.55. The highest BCUT2D eigenvalue weighted by Gasteiger charge is 2.34. The van der Waals surface area contributed by atoms with Gasteiger partial charge in [-0.25, -0.2) is 0 Å². The van der Waals surface area contributed by atoms with E-state index in [-0.39, 0.29) is 23.6 Å². The van der Waals surface area contributed by atoms with Crippen LogP contribution in [0.15, 0.2) is 77.4 Å². The van der Waals surface area contributed by atoms with Crippen LogP contribution >= 0.6 is 0 Å². The second-order valence-corrected chi connectivity index (χ2v) is 8.96. The molecule has 4 rings (SSSR count). The summed E-state index contributed by atoms with van der Waals surface area (Å²) in [5.74, 6) is 0.494. The number of nitrogens with one attached hydrogen (secondary N) is 1. The molecule has 1 aromatic heterocycles. The van der Waals surface area contributed by atoms with Crippen molar-refractivity contribution < 1.29 is 18.7 Å². The van der Waals surface area contributed by atoms with Gasteiger partial charge >= 0.3 is 0 Å². The molecule has 2 aromatic carbocycles. The highest BCUT2D eigenvalue weighted by atomic mass is 16.5. The van der Waals surface area contributed by atoms with Crippen LogP contribution in [0.2, 0.25) is 0 Å². The van der Waals surface area contributed by atoms with Crippen LogP contribution in [0.25, 0.3) is 0 Å². The number of hydrogen-bond acceptors (Lipinski definition) is 4. The molecule has 1 heterocycles. The maximum Gasteiger partial charge on any atom is 0.290 e. The van der Waals surface area contributed by atoms with Gasteiger partial charge in [-0.15, -0.1) is 0 Å². The van der Waals surface area contributed by atoms with E-state index in [4.69, 9.17) is 9.15 Å². The van der Waals surface area contributed by atoms with Crippen molar-refractivity contribution in [2.75, 3.05) is 13.2 Å². The minimum Gasteiger partial charge on any atom is -0.494 e. The summed E-state index contributed by atoms with van der Waals surface area (Å²) < 4.78 is 11.1. The largest absolute Gasteiger partial charge is 0.494 e. The van der Waals surface area contributed by atoms with Crippen molar-refractivity contribution in [2.45, 2.75) is 57.5 Å². The zero-order valence-corrected chi connectivity index (χ0v) is 20.3. The second kappa shape index (κ2) is 12.2. The van der Waals surface area contributed by atoms with Crippen LogP contribution < -0.4 is 10.1 Å². The molecule has 1 aliphatic rings. The Balaban J connectivity index is 1.66. The van der Waals surface area contributed by atoms with Gasteiger partial charge < -0.3 is 19.4 Å². The molecule has 0 saturated heterocycles. The van der Waals surface area contributed by atoms with Crippen LogP contribution in [-0.2, 0) is 11.2 Å². The number of hydrogen-bond donors (Lipinski definition) is 1. The van der Waals surface area contributed by atoms with Gasteiger partial charge in [0.1, 0.15) is 11.8 Å². The molecule has 1 saturated carbocycles. The molecule has 6 heteroatoms. The van der Waals surface area contributed by atoms with Crippen molar-refractivity contribution in [3.63, 3.8) is 0 Å². The van der Waals surface area contributed by atoms with Crippen LogP contribution in [0.5, 0.6) is 5.75 Å². The smallest absolute Gasteiger partial charge is 0.290 e. The van der Waals surface area contributed by atoms with E-state index >= 15 is 0 Å². The Morgan fingerprint density at radius 3 is 2.40 bits per heavy atom. The van der Waals surface area contributed by atoms with Gasteiger partial charge in [0.15, 0.2) is 5.76 Å². The molecule has 1 fully saturated rings. The standard InChI is InChI=1S/C29H34N2O4/c1-2-34-25-17-15-23(16-18-25)27(28(32)30-24-12-7-4-8-13-24)31(29(33)26-14-9-21-35-26)20-19-22-10-5-3-6-11-22/h3,5-6,9-11,14-18,21,24,27H,2,4,7-8,12-13,19-20H2,1H3,(H,30,32)/t27-/m0/s1. The first-order valence-electron chi connectivity index (χ1n) is 12.6. The Kier molecular flexibility index (Phi) is 8.60. The summed E-state index contributed by atoms with van der Waals surface area (Å²) in [6.45, 7) is 2.87. The van der Waals surface area contributed by atoms with Gasteiger partial charge in [0.25, 0.3) is 5.91 Å². The van der Waals surface area contributed by atoms with Gasteiger partial charge in [-0.1, -0.05) is 61.7 Å².